The van der Waals surface area contributed by atoms with E-state index in [9.17, 15) is 9.59 Å². The number of rotatable bonds is 2. The molecule has 2 rings (SSSR count). The van der Waals surface area contributed by atoms with Crippen LogP contribution in [0.3, 0.4) is 0 Å². The number of aliphatic hydroxyl groups excluding tert-OH is 1. The van der Waals surface area contributed by atoms with Crippen LogP contribution in [-0.4, -0.2) is 28.4 Å². The van der Waals surface area contributed by atoms with Crippen LogP contribution >= 0.6 is 11.3 Å². The molecule has 0 aliphatic carbocycles. The maximum atomic E-state index is 12.0. The molecule has 1 aliphatic heterocycles. The zero-order valence-corrected chi connectivity index (χ0v) is 11.7. The topological polar surface area (TPSA) is 57.6 Å². The van der Waals surface area contributed by atoms with Gasteiger partial charge in [-0.3, -0.25) is 14.5 Å². The van der Waals surface area contributed by atoms with Crippen LogP contribution in [0.2, 0.25) is 0 Å². The molecule has 1 saturated heterocycles. The quantitative estimate of drug-likeness (QED) is 0.653. The van der Waals surface area contributed by atoms with Gasteiger partial charge in [-0.05, 0) is 11.4 Å². The zero-order chi connectivity index (χ0) is 14.0. The summed E-state index contributed by atoms with van der Waals surface area (Å²) in [6.07, 6.45) is 0. The van der Waals surface area contributed by atoms with Gasteiger partial charge in [-0.15, -0.1) is 11.3 Å². The number of hydrogen-bond acceptors (Lipinski definition) is 4. The molecular weight excluding hydrogens is 262 g/mol. The first kappa shape index (κ1) is 13.8. The predicted octanol–water partition coefficient (Wildman–Crippen LogP) is 1.23. The monoisotopic (exact) mass is 277 g/mol. The van der Waals surface area contributed by atoms with E-state index in [1.54, 1.807) is 13.8 Å². The standard InChI is InChI=1S/C14H15NO3S/c1-9-10(2)14(18)15(13(9)17)8-12-11(4-3-6-16)5-7-19-12/h5,7,9-10,16H,6,8H2,1-2H3. The molecule has 1 N–H and O–H groups in total. The molecule has 100 valence electrons. The summed E-state index contributed by atoms with van der Waals surface area (Å²) >= 11 is 1.46. The van der Waals surface area contributed by atoms with Crippen LogP contribution in [0, 0.1) is 23.7 Å². The lowest BCUT2D eigenvalue weighted by Crippen LogP contribution is -2.30. The Morgan fingerprint density at radius 3 is 2.53 bits per heavy atom. The molecule has 2 amide bonds. The molecule has 0 radical (unpaired) electrons. The molecule has 0 saturated carbocycles. The van der Waals surface area contributed by atoms with Gasteiger partial charge >= 0.3 is 0 Å². The number of thiophene rings is 1. The van der Waals surface area contributed by atoms with E-state index in [1.165, 1.54) is 16.2 Å². The maximum absolute atomic E-state index is 12.0. The Bertz CT molecular complexity index is 547. The minimum atomic E-state index is -0.251. The van der Waals surface area contributed by atoms with Gasteiger partial charge in [-0.25, -0.2) is 0 Å². The van der Waals surface area contributed by atoms with Crippen molar-refractivity contribution in [1.29, 1.82) is 0 Å². The third kappa shape index (κ3) is 2.55. The Hall–Kier alpha value is -1.64. The SMILES string of the molecule is CC1C(=O)N(Cc2sccc2C#CCO)C(=O)C1C. The van der Waals surface area contributed by atoms with E-state index in [0.717, 1.165) is 10.4 Å². The van der Waals surface area contributed by atoms with E-state index >= 15 is 0 Å². The normalized spacial score (nSPS) is 22.6. The van der Waals surface area contributed by atoms with Gasteiger partial charge in [-0.1, -0.05) is 25.7 Å². The first-order chi connectivity index (χ1) is 9.06. The highest BCUT2D eigenvalue weighted by Gasteiger charge is 2.42. The van der Waals surface area contributed by atoms with Crippen molar-refractivity contribution in [1.82, 2.24) is 4.90 Å². The summed E-state index contributed by atoms with van der Waals surface area (Å²) in [6, 6.07) is 1.83. The Kier molecular flexibility index (Phi) is 4.03. The van der Waals surface area contributed by atoms with Gasteiger partial charge in [0.1, 0.15) is 6.61 Å². The average molecular weight is 277 g/mol. The van der Waals surface area contributed by atoms with Gasteiger partial charge in [0.25, 0.3) is 0 Å². The van der Waals surface area contributed by atoms with Gasteiger partial charge in [-0.2, -0.15) is 0 Å². The Morgan fingerprint density at radius 2 is 1.95 bits per heavy atom. The maximum Gasteiger partial charge on any atom is 0.233 e. The highest BCUT2D eigenvalue weighted by Crippen LogP contribution is 2.28. The summed E-state index contributed by atoms with van der Waals surface area (Å²) in [7, 11) is 0. The molecule has 4 nitrogen and oxygen atoms in total. The molecule has 0 bridgehead atoms. The summed E-state index contributed by atoms with van der Waals surface area (Å²) in [5.74, 6) is 4.67. The fourth-order valence-corrected chi connectivity index (χ4v) is 2.85. The van der Waals surface area contributed by atoms with Crippen LogP contribution in [0.4, 0.5) is 0 Å². The summed E-state index contributed by atoms with van der Waals surface area (Å²) in [5, 5.41) is 10.6. The molecule has 19 heavy (non-hydrogen) atoms. The Balaban J connectivity index is 2.20. The van der Waals surface area contributed by atoms with Crippen molar-refractivity contribution in [3.63, 3.8) is 0 Å². The minimum Gasteiger partial charge on any atom is -0.384 e. The molecule has 1 aromatic rings. The van der Waals surface area contributed by atoms with E-state index in [-0.39, 0.29) is 36.8 Å². The molecule has 1 aromatic heterocycles. The highest BCUT2D eigenvalue weighted by molar-refractivity contribution is 7.10. The lowest BCUT2D eigenvalue weighted by Gasteiger charge is -2.13. The molecule has 2 atom stereocenters. The van der Waals surface area contributed by atoms with Gasteiger partial charge in [0.15, 0.2) is 0 Å². The van der Waals surface area contributed by atoms with E-state index in [2.05, 4.69) is 11.8 Å². The Labute approximate surface area is 116 Å². The van der Waals surface area contributed by atoms with Crippen molar-refractivity contribution in [3.8, 4) is 11.8 Å². The number of imide groups is 1. The van der Waals surface area contributed by atoms with E-state index in [4.69, 9.17) is 5.11 Å². The number of carbonyl (C=O) groups is 2. The van der Waals surface area contributed by atoms with Crippen molar-refractivity contribution >= 4 is 23.2 Å². The first-order valence-corrected chi connectivity index (χ1v) is 6.95. The van der Waals surface area contributed by atoms with Crippen LogP contribution in [0.25, 0.3) is 0 Å². The molecule has 2 heterocycles. The van der Waals surface area contributed by atoms with Crippen molar-refractivity contribution in [2.75, 3.05) is 6.61 Å². The van der Waals surface area contributed by atoms with Crippen molar-refractivity contribution in [2.24, 2.45) is 11.8 Å². The number of carbonyl (C=O) groups excluding carboxylic acids is 2. The van der Waals surface area contributed by atoms with Crippen LogP contribution in [0.1, 0.15) is 24.3 Å². The van der Waals surface area contributed by atoms with Crippen molar-refractivity contribution < 1.29 is 14.7 Å². The lowest BCUT2D eigenvalue weighted by atomic mass is 10.00. The van der Waals surface area contributed by atoms with Crippen LogP contribution in [-0.2, 0) is 16.1 Å². The first-order valence-electron chi connectivity index (χ1n) is 6.07. The smallest absolute Gasteiger partial charge is 0.233 e. The molecule has 0 spiro atoms. The molecule has 1 fully saturated rings. The fourth-order valence-electron chi connectivity index (χ4n) is 2.04. The Morgan fingerprint density at radius 1 is 1.32 bits per heavy atom. The number of nitrogens with zero attached hydrogens (tertiary/aromatic N) is 1. The average Bonchev–Trinajstić information content (AvgIpc) is 2.92. The fraction of sp³-hybridized carbons (Fsp3) is 0.429. The highest BCUT2D eigenvalue weighted by atomic mass is 32.1. The molecule has 2 unspecified atom stereocenters. The molecule has 5 heteroatoms. The summed E-state index contributed by atoms with van der Waals surface area (Å²) in [5.41, 5.74) is 0.770. The second kappa shape index (κ2) is 5.55. The number of hydrogen-bond donors (Lipinski definition) is 1. The largest absolute Gasteiger partial charge is 0.384 e. The molecule has 1 aliphatic rings. The van der Waals surface area contributed by atoms with E-state index in [0.29, 0.717) is 0 Å². The van der Waals surface area contributed by atoms with E-state index < -0.39 is 0 Å². The third-order valence-corrected chi connectivity index (χ3v) is 4.32. The minimum absolute atomic E-state index is 0.119. The van der Waals surface area contributed by atoms with Gasteiger partial charge in [0.2, 0.25) is 11.8 Å². The summed E-state index contributed by atoms with van der Waals surface area (Å²) < 4.78 is 0. The number of amides is 2. The van der Waals surface area contributed by atoms with Crippen LogP contribution < -0.4 is 0 Å². The molecular formula is C14H15NO3S. The van der Waals surface area contributed by atoms with Gasteiger partial charge in [0, 0.05) is 22.3 Å². The summed E-state index contributed by atoms with van der Waals surface area (Å²) in [6.45, 7) is 3.64. The van der Waals surface area contributed by atoms with E-state index in [1.807, 2.05) is 11.4 Å². The van der Waals surface area contributed by atoms with Crippen molar-refractivity contribution in [3.05, 3.63) is 21.9 Å². The van der Waals surface area contributed by atoms with Crippen LogP contribution in [0.5, 0.6) is 0 Å². The summed E-state index contributed by atoms with van der Waals surface area (Å²) in [4.78, 5) is 26.2. The molecule has 0 aromatic carbocycles. The van der Waals surface area contributed by atoms with Gasteiger partial charge in [0.05, 0.1) is 6.54 Å². The lowest BCUT2D eigenvalue weighted by molar-refractivity contribution is -0.140. The number of aliphatic hydroxyl groups is 1. The number of likely N-dealkylation sites (tertiary alicyclic amines) is 1. The second-order valence-corrected chi connectivity index (χ2v) is 5.56. The van der Waals surface area contributed by atoms with Crippen molar-refractivity contribution in [2.45, 2.75) is 20.4 Å². The predicted molar refractivity (Wildman–Crippen MR) is 72.2 cm³/mol. The zero-order valence-electron chi connectivity index (χ0n) is 10.8. The second-order valence-electron chi connectivity index (χ2n) is 4.56. The van der Waals surface area contributed by atoms with Gasteiger partial charge < -0.3 is 5.11 Å². The third-order valence-electron chi connectivity index (χ3n) is 3.41. The van der Waals surface area contributed by atoms with Crippen LogP contribution in [0.15, 0.2) is 11.4 Å².